The number of carbonyl (C=O) groups is 2. The molecule has 0 aliphatic carbocycles. The van der Waals surface area contributed by atoms with Crippen LogP contribution in [0.15, 0.2) is 18.2 Å². The molecule has 0 saturated carbocycles. The first-order valence-corrected chi connectivity index (χ1v) is 8.66. The monoisotopic (exact) mass is 342 g/mol. The van der Waals surface area contributed by atoms with Gasteiger partial charge < -0.3 is 10.6 Å². The van der Waals surface area contributed by atoms with E-state index in [4.69, 9.17) is 0 Å². The molecular formula is C16H20F2N2O2S. The van der Waals surface area contributed by atoms with Crippen LogP contribution in [0.1, 0.15) is 37.0 Å². The molecule has 1 fully saturated rings. The maximum Gasteiger partial charge on any atom is 0.242 e. The van der Waals surface area contributed by atoms with Crippen molar-refractivity contribution in [3.8, 4) is 0 Å². The molecule has 2 amide bonds. The maximum absolute atomic E-state index is 13.7. The highest BCUT2D eigenvalue weighted by Crippen LogP contribution is 2.30. The lowest BCUT2D eigenvalue weighted by atomic mass is 10.1. The highest BCUT2D eigenvalue weighted by molar-refractivity contribution is 8.00. The minimum atomic E-state index is -0.624. The third-order valence-electron chi connectivity index (χ3n) is 3.74. The fourth-order valence-corrected chi connectivity index (χ4v) is 3.29. The summed E-state index contributed by atoms with van der Waals surface area (Å²) in [6, 6.07) is 2.93. The Morgan fingerprint density at radius 3 is 2.96 bits per heavy atom. The van der Waals surface area contributed by atoms with Crippen LogP contribution in [0.4, 0.5) is 8.78 Å². The van der Waals surface area contributed by atoms with E-state index < -0.39 is 17.7 Å². The summed E-state index contributed by atoms with van der Waals surface area (Å²) in [5.41, 5.74) is 0.358. The Morgan fingerprint density at radius 2 is 2.22 bits per heavy atom. The van der Waals surface area contributed by atoms with Crippen LogP contribution in [-0.4, -0.2) is 30.2 Å². The zero-order chi connectivity index (χ0) is 16.8. The fraction of sp³-hybridized carbons (Fsp3) is 0.500. The highest BCUT2D eigenvalue weighted by Gasteiger charge is 2.22. The van der Waals surface area contributed by atoms with Gasteiger partial charge in [0.2, 0.25) is 11.8 Å². The number of amides is 2. The number of hydrogen-bond acceptors (Lipinski definition) is 3. The molecule has 1 aromatic carbocycles. The van der Waals surface area contributed by atoms with Crippen molar-refractivity contribution in [3.05, 3.63) is 35.4 Å². The molecular weight excluding hydrogens is 322 g/mol. The van der Waals surface area contributed by atoms with E-state index in [0.29, 0.717) is 18.5 Å². The molecule has 1 aliphatic rings. The van der Waals surface area contributed by atoms with Gasteiger partial charge in [0, 0.05) is 23.4 Å². The van der Waals surface area contributed by atoms with Crippen molar-refractivity contribution in [2.24, 2.45) is 0 Å². The Kier molecular flexibility index (Phi) is 6.38. The lowest BCUT2D eigenvalue weighted by Gasteiger charge is -2.16. The molecule has 0 bridgehead atoms. The van der Waals surface area contributed by atoms with Gasteiger partial charge in [-0.15, -0.1) is 11.8 Å². The van der Waals surface area contributed by atoms with Crippen LogP contribution in [0, 0.1) is 11.6 Å². The fourth-order valence-electron chi connectivity index (χ4n) is 2.43. The summed E-state index contributed by atoms with van der Waals surface area (Å²) < 4.78 is 26.6. The van der Waals surface area contributed by atoms with Gasteiger partial charge in [0.15, 0.2) is 0 Å². The molecule has 4 nitrogen and oxygen atoms in total. The van der Waals surface area contributed by atoms with Crippen molar-refractivity contribution in [2.75, 3.05) is 12.3 Å². The summed E-state index contributed by atoms with van der Waals surface area (Å²) >= 11 is 1.25. The molecule has 0 radical (unpaired) electrons. The number of rotatable bonds is 5. The second-order valence-electron chi connectivity index (χ2n) is 5.53. The minimum absolute atomic E-state index is 0.113. The molecule has 0 aromatic heterocycles. The number of halogens is 2. The van der Waals surface area contributed by atoms with E-state index in [1.807, 2.05) is 0 Å². The first-order valence-electron chi connectivity index (χ1n) is 7.61. The van der Waals surface area contributed by atoms with Gasteiger partial charge >= 0.3 is 0 Å². The van der Waals surface area contributed by atoms with Gasteiger partial charge in [-0.2, -0.15) is 0 Å². The normalized spacial score (nSPS) is 19.6. The summed E-state index contributed by atoms with van der Waals surface area (Å²) in [7, 11) is 0. The zero-order valence-corrected chi connectivity index (χ0v) is 13.7. The van der Waals surface area contributed by atoms with Crippen molar-refractivity contribution in [1.29, 1.82) is 0 Å². The number of nitrogens with one attached hydrogen (secondary N) is 2. The maximum atomic E-state index is 13.7. The number of benzene rings is 1. The molecule has 7 heteroatoms. The Bertz CT molecular complexity index is 583. The number of hydrogen-bond donors (Lipinski definition) is 2. The molecule has 1 heterocycles. The highest BCUT2D eigenvalue weighted by atomic mass is 32.2. The van der Waals surface area contributed by atoms with E-state index in [1.165, 1.54) is 23.9 Å². The van der Waals surface area contributed by atoms with Crippen molar-refractivity contribution in [1.82, 2.24) is 10.6 Å². The van der Waals surface area contributed by atoms with Gasteiger partial charge in [-0.25, -0.2) is 8.78 Å². The van der Waals surface area contributed by atoms with Crippen molar-refractivity contribution < 1.29 is 18.4 Å². The topological polar surface area (TPSA) is 58.2 Å². The Balaban J connectivity index is 1.84. The number of thioether (sulfide) groups is 1. The summed E-state index contributed by atoms with van der Waals surface area (Å²) in [5, 5.41) is 5.18. The van der Waals surface area contributed by atoms with Crippen molar-refractivity contribution in [3.63, 3.8) is 0 Å². The summed E-state index contributed by atoms with van der Waals surface area (Å²) in [4.78, 5) is 23.7. The van der Waals surface area contributed by atoms with Crippen LogP contribution in [0.2, 0.25) is 0 Å². The Morgan fingerprint density at radius 1 is 1.43 bits per heavy atom. The first-order chi connectivity index (χ1) is 11.0. The van der Waals surface area contributed by atoms with Crippen LogP contribution in [0.5, 0.6) is 0 Å². The van der Waals surface area contributed by atoms with Gasteiger partial charge in [0.05, 0.1) is 5.75 Å². The lowest BCUT2D eigenvalue weighted by molar-refractivity contribution is -0.127. The Hall–Kier alpha value is -1.63. The molecule has 2 atom stereocenters. The van der Waals surface area contributed by atoms with Gasteiger partial charge in [0.1, 0.15) is 17.7 Å². The summed E-state index contributed by atoms with van der Waals surface area (Å²) in [5.74, 6) is -1.54. The van der Waals surface area contributed by atoms with Crippen LogP contribution >= 0.6 is 11.8 Å². The molecule has 1 aliphatic heterocycles. The minimum Gasteiger partial charge on any atom is -0.354 e. The molecule has 0 spiro atoms. The van der Waals surface area contributed by atoms with E-state index in [0.717, 1.165) is 18.9 Å². The SMILES string of the molecule is C[C@H](SCC(=O)N[C@@H]1CCCCNC1=O)c1ccc(F)cc1F. The smallest absolute Gasteiger partial charge is 0.242 e. The lowest BCUT2D eigenvalue weighted by Crippen LogP contribution is -2.46. The predicted octanol–water partition coefficient (Wildman–Crippen LogP) is 2.54. The van der Waals surface area contributed by atoms with Crippen LogP contribution < -0.4 is 10.6 Å². The first kappa shape index (κ1) is 17.7. The molecule has 1 aromatic rings. The van der Waals surface area contributed by atoms with E-state index in [1.54, 1.807) is 6.92 Å². The molecule has 0 unspecified atom stereocenters. The Labute approximate surface area is 138 Å². The average molecular weight is 342 g/mol. The summed E-state index contributed by atoms with van der Waals surface area (Å²) in [6.07, 6.45) is 2.42. The van der Waals surface area contributed by atoms with Gasteiger partial charge in [-0.05, 0) is 32.3 Å². The van der Waals surface area contributed by atoms with Crippen LogP contribution in [0.3, 0.4) is 0 Å². The molecule has 2 rings (SSSR count). The summed E-state index contributed by atoms with van der Waals surface area (Å²) in [6.45, 7) is 2.40. The van der Waals surface area contributed by atoms with E-state index in [9.17, 15) is 18.4 Å². The third-order valence-corrected chi connectivity index (χ3v) is 4.92. The quantitative estimate of drug-likeness (QED) is 0.865. The average Bonchev–Trinajstić information content (AvgIpc) is 2.70. The molecule has 1 saturated heterocycles. The largest absolute Gasteiger partial charge is 0.354 e. The van der Waals surface area contributed by atoms with E-state index in [2.05, 4.69) is 10.6 Å². The molecule has 23 heavy (non-hydrogen) atoms. The third kappa shape index (κ3) is 5.20. The second-order valence-corrected chi connectivity index (χ2v) is 6.86. The van der Waals surface area contributed by atoms with E-state index >= 15 is 0 Å². The number of carbonyl (C=O) groups excluding carboxylic acids is 2. The standard InChI is InChI=1S/C16H20F2N2O2S/c1-10(12-6-5-11(17)8-13(12)18)23-9-15(21)20-14-4-2-3-7-19-16(14)22/h5-6,8,10,14H,2-4,7,9H2,1H3,(H,19,22)(H,20,21)/t10-,14+/m0/s1. The molecule has 2 N–H and O–H groups in total. The zero-order valence-electron chi connectivity index (χ0n) is 12.9. The van der Waals surface area contributed by atoms with E-state index in [-0.39, 0.29) is 22.8 Å². The predicted molar refractivity (Wildman–Crippen MR) is 86.0 cm³/mol. The molecule has 126 valence electrons. The van der Waals surface area contributed by atoms with Gasteiger partial charge in [-0.1, -0.05) is 6.07 Å². The van der Waals surface area contributed by atoms with Gasteiger partial charge in [-0.3, -0.25) is 9.59 Å². The van der Waals surface area contributed by atoms with Crippen molar-refractivity contribution >= 4 is 23.6 Å². The van der Waals surface area contributed by atoms with Crippen LogP contribution in [-0.2, 0) is 9.59 Å². The van der Waals surface area contributed by atoms with Crippen molar-refractivity contribution in [2.45, 2.75) is 37.5 Å². The van der Waals surface area contributed by atoms with Crippen LogP contribution in [0.25, 0.3) is 0 Å². The second kappa shape index (κ2) is 8.29. The van der Waals surface area contributed by atoms with Gasteiger partial charge in [0.25, 0.3) is 0 Å².